The lowest BCUT2D eigenvalue weighted by Crippen LogP contribution is -2.13. The van der Waals surface area contributed by atoms with Crippen LogP contribution < -0.4 is 5.32 Å². The number of rotatable bonds is 3. The molecule has 4 heteroatoms. The van der Waals surface area contributed by atoms with Crippen molar-refractivity contribution < 1.29 is 4.79 Å². The molecule has 118 valence electrons. The molecule has 24 heavy (non-hydrogen) atoms. The van der Waals surface area contributed by atoms with Crippen molar-refractivity contribution in [2.75, 3.05) is 5.32 Å². The zero-order valence-electron chi connectivity index (χ0n) is 13.6. The molecule has 1 heterocycles. The molecule has 0 saturated heterocycles. The summed E-state index contributed by atoms with van der Waals surface area (Å²) in [5.41, 5.74) is 4.76. The fourth-order valence-electron chi connectivity index (χ4n) is 2.56. The highest BCUT2D eigenvalue weighted by Gasteiger charge is 2.16. The van der Waals surface area contributed by atoms with Gasteiger partial charge >= 0.3 is 0 Å². The predicted molar refractivity (Wildman–Crippen MR) is 95.4 cm³/mol. The van der Waals surface area contributed by atoms with Gasteiger partial charge in [-0.05, 0) is 43.7 Å². The number of benzene rings is 2. The van der Waals surface area contributed by atoms with Crippen molar-refractivity contribution in [3.63, 3.8) is 0 Å². The van der Waals surface area contributed by atoms with Gasteiger partial charge < -0.3 is 5.32 Å². The Morgan fingerprint density at radius 3 is 2.71 bits per heavy atom. The first-order valence-corrected chi connectivity index (χ1v) is 7.59. The summed E-state index contributed by atoms with van der Waals surface area (Å²) in [6, 6.07) is 15.1. The Labute approximate surface area is 141 Å². The van der Waals surface area contributed by atoms with Crippen LogP contribution in [0.2, 0.25) is 0 Å². The van der Waals surface area contributed by atoms with Crippen LogP contribution in [0.1, 0.15) is 27.2 Å². The number of carbonyl (C=O) groups is 1. The lowest BCUT2D eigenvalue weighted by atomic mass is 10.2. The Hall–Kier alpha value is -3.32. The highest BCUT2D eigenvalue weighted by molar-refractivity contribution is 6.05. The molecular formula is C20H17N3O. The molecule has 0 spiro atoms. The van der Waals surface area contributed by atoms with Gasteiger partial charge in [0.15, 0.2) is 0 Å². The molecule has 0 aliphatic rings. The fourth-order valence-corrected chi connectivity index (χ4v) is 2.56. The van der Waals surface area contributed by atoms with Crippen LogP contribution in [-0.2, 0) is 0 Å². The Balaban J connectivity index is 1.89. The third-order valence-corrected chi connectivity index (χ3v) is 3.89. The smallest absolute Gasteiger partial charge is 0.259 e. The van der Waals surface area contributed by atoms with Gasteiger partial charge in [-0.1, -0.05) is 30.2 Å². The van der Waals surface area contributed by atoms with Gasteiger partial charge in [0.05, 0.1) is 23.1 Å². The number of aryl methyl sites for hydroxylation is 1. The second kappa shape index (κ2) is 6.43. The second-order valence-corrected chi connectivity index (χ2v) is 5.52. The molecule has 0 fully saturated rings. The Kier molecular flexibility index (Phi) is 4.17. The van der Waals surface area contributed by atoms with Crippen LogP contribution in [0.25, 0.3) is 5.69 Å². The topological polar surface area (TPSA) is 46.9 Å². The van der Waals surface area contributed by atoms with Gasteiger partial charge in [0.25, 0.3) is 5.91 Å². The highest BCUT2D eigenvalue weighted by Crippen LogP contribution is 2.19. The van der Waals surface area contributed by atoms with Crippen LogP contribution in [0.5, 0.6) is 0 Å². The van der Waals surface area contributed by atoms with E-state index in [0.29, 0.717) is 11.3 Å². The van der Waals surface area contributed by atoms with Gasteiger partial charge in [-0.25, -0.2) is 4.68 Å². The number of anilines is 1. The lowest BCUT2D eigenvalue weighted by Gasteiger charge is -2.09. The maximum atomic E-state index is 12.5. The molecular weight excluding hydrogens is 298 g/mol. The number of terminal acetylenes is 1. The summed E-state index contributed by atoms with van der Waals surface area (Å²) in [4.78, 5) is 12.5. The zero-order chi connectivity index (χ0) is 17.1. The van der Waals surface area contributed by atoms with Crippen molar-refractivity contribution in [2.45, 2.75) is 13.8 Å². The second-order valence-electron chi connectivity index (χ2n) is 5.52. The van der Waals surface area contributed by atoms with E-state index in [9.17, 15) is 4.79 Å². The SMILES string of the molecule is C#Cc1cccc(NC(=O)c2cnn(-c3ccccc3C)c2C)c1. The molecule has 2 aromatic carbocycles. The maximum absolute atomic E-state index is 12.5. The third-order valence-electron chi connectivity index (χ3n) is 3.89. The first kappa shape index (κ1) is 15.6. The van der Waals surface area contributed by atoms with Crippen LogP contribution in [0.3, 0.4) is 0 Å². The average Bonchev–Trinajstić information content (AvgIpc) is 2.97. The standard InChI is InChI=1S/C20H17N3O/c1-4-16-9-7-10-17(12-16)22-20(24)18-13-21-23(15(18)3)19-11-6-5-8-14(19)2/h1,5-13H,2-3H3,(H,22,24). The summed E-state index contributed by atoms with van der Waals surface area (Å²) in [6.07, 6.45) is 6.98. The molecule has 0 bridgehead atoms. The molecule has 4 nitrogen and oxygen atoms in total. The molecule has 0 aliphatic carbocycles. The molecule has 3 aromatic rings. The first-order valence-electron chi connectivity index (χ1n) is 7.59. The van der Waals surface area contributed by atoms with E-state index in [2.05, 4.69) is 16.3 Å². The normalized spacial score (nSPS) is 10.2. The van der Waals surface area contributed by atoms with E-state index in [0.717, 1.165) is 22.5 Å². The van der Waals surface area contributed by atoms with Crippen molar-refractivity contribution in [1.82, 2.24) is 9.78 Å². The van der Waals surface area contributed by atoms with Gasteiger partial charge in [0, 0.05) is 11.3 Å². The van der Waals surface area contributed by atoms with Crippen molar-refractivity contribution in [1.29, 1.82) is 0 Å². The minimum absolute atomic E-state index is 0.207. The number of nitrogens with one attached hydrogen (secondary N) is 1. The Morgan fingerprint density at radius 2 is 1.96 bits per heavy atom. The van der Waals surface area contributed by atoms with Gasteiger partial charge in [0.2, 0.25) is 0 Å². The van der Waals surface area contributed by atoms with Crippen LogP contribution in [0.15, 0.2) is 54.7 Å². The number of amides is 1. The number of aromatic nitrogens is 2. The number of hydrogen-bond donors (Lipinski definition) is 1. The van der Waals surface area contributed by atoms with E-state index < -0.39 is 0 Å². The van der Waals surface area contributed by atoms with E-state index >= 15 is 0 Å². The van der Waals surface area contributed by atoms with E-state index in [-0.39, 0.29) is 5.91 Å². The van der Waals surface area contributed by atoms with E-state index in [4.69, 9.17) is 6.42 Å². The summed E-state index contributed by atoms with van der Waals surface area (Å²) in [5, 5.41) is 7.23. The van der Waals surface area contributed by atoms with Gasteiger partial charge in [-0.3, -0.25) is 4.79 Å². The van der Waals surface area contributed by atoms with Crippen molar-refractivity contribution in [3.8, 4) is 18.0 Å². The van der Waals surface area contributed by atoms with Crippen LogP contribution >= 0.6 is 0 Å². The maximum Gasteiger partial charge on any atom is 0.259 e. The summed E-state index contributed by atoms with van der Waals surface area (Å²) in [5.74, 6) is 2.35. The summed E-state index contributed by atoms with van der Waals surface area (Å²) in [6.45, 7) is 3.90. The average molecular weight is 315 g/mol. The minimum Gasteiger partial charge on any atom is -0.322 e. The van der Waals surface area contributed by atoms with Crippen LogP contribution in [0, 0.1) is 26.2 Å². The Bertz CT molecular complexity index is 948. The van der Waals surface area contributed by atoms with E-state index in [1.807, 2.05) is 50.2 Å². The molecule has 3 rings (SSSR count). The van der Waals surface area contributed by atoms with Crippen LogP contribution in [0.4, 0.5) is 5.69 Å². The molecule has 0 atom stereocenters. The van der Waals surface area contributed by atoms with E-state index in [1.54, 1.807) is 23.0 Å². The number of carbonyl (C=O) groups excluding carboxylic acids is 1. The molecule has 1 amide bonds. The van der Waals surface area contributed by atoms with Gasteiger partial charge in [0.1, 0.15) is 0 Å². The lowest BCUT2D eigenvalue weighted by molar-refractivity contribution is 0.102. The molecule has 0 aliphatic heterocycles. The Morgan fingerprint density at radius 1 is 1.17 bits per heavy atom. The van der Waals surface area contributed by atoms with E-state index in [1.165, 1.54) is 0 Å². The number of hydrogen-bond acceptors (Lipinski definition) is 2. The molecule has 0 saturated carbocycles. The van der Waals surface area contributed by atoms with Gasteiger partial charge in [-0.2, -0.15) is 5.10 Å². The summed E-state index contributed by atoms with van der Waals surface area (Å²) >= 11 is 0. The molecule has 1 N–H and O–H groups in total. The van der Waals surface area contributed by atoms with Crippen molar-refractivity contribution in [2.24, 2.45) is 0 Å². The molecule has 0 unspecified atom stereocenters. The molecule has 0 radical (unpaired) electrons. The van der Waals surface area contributed by atoms with Crippen molar-refractivity contribution >= 4 is 11.6 Å². The number of nitrogens with zero attached hydrogens (tertiary/aromatic N) is 2. The zero-order valence-corrected chi connectivity index (χ0v) is 13.6. The van der Waals surface area contributed by atoms with Gasteiger partial charge in [-0.15, -0.1) is 6.42 Å². The predicted octanol–water partition coefficient (Wildman–Crippen LogP) is 3.72. The number of para-hydroxylation sites is 1. The summed E-state index contributed by atoms with van der Waals surface area (Å²) in [7, 11) is 0. The summed E-state index contributed by atoms with van der Waals surface area (Å²) < 4.78 is 1.78. The minimum atomic E-state index is -0.207. The highest BCUT2D eigenvalue weighted by atomic mass is 16.1. The van der Waals surface area contributed by atoms with Crippen LogP contribution in [-0.4, -0.2) is 15.7 Å². The first-order chi connectivity index (χ1) is 11.6. The molecule has 1 aromatic heterocycles. The quantitative estimate of drug-likeness (QED) is 0.749. The van der Waals surface area contributed by atoms with Crippen molar-refractivity contribution in [3.05, 3.63) is 77.1 Å². The largest absolute Gasteiger partial charge is 0.322 e. The third kappa shape index (κ3) is 2.92. The fraction of sp³-hybridized carbons (Fsp3) is 0.100. The monoisotopic (exact) mass is 315 g/mol.